The molecule has 0 amide bonds. The van der Waals surface area contributed by atoms with E-state index in [2.05, 4.69) is 144 Å². The molecular weight excluding hydrogens is 583 g/mol. The first-order valence-corrected chi connectivity index (χ1v) is 17.1. The molecule has 0 aliphatic heterocycles. The van der Waals surface area contributed by atoms with Crippen LogP contribution in [-0.2, 0) is 12.8 Å². The summed E-state index contributed by atoms with van der Waals surface area (Å²) in [6, 6.07) is 54.1. The highest BCUT2D eigenvalue weighted by molar-refractivity contribution is 6.23. The fourth-order valence-electron chi connectivity index (χ4n) is 8.78. The molecule has 0 N–H and O–H groups in total. The van der Waals surface area contributed by atoms with Gasteiger partial charge in [-0.3, -0.25) is 0 Å². The average molecular weight is 614 g/mol. The number of aromatic nitrogens is 1. The smallest absolute Gasteiger partial charge is 0.135 e. The molecule has 2 heteroatoms. The lowest BCUT2D eigenvalue weighted by Crippen LogP contribution is -2.10. The Labute approximate surface area is 277 Å². The van der Waals surface area contributed by atoms with Crippen molar-refractivity contribution in [1.29, 1.82) is 0 Å². The first-order chi connectivity index (χ1) is 23.8. The Balaban J connectivity index is 1.04. The summed E-state index contributed by atoms with van der Waals surface area (Å²) < 4.78 is 8.77. The van der Waals surface area contributed by atoms with E-state index in [1.54, 1.807) is 0 Å². The van der Waals surface area contributed by atoms with Gasteiger partial charge in [0, 0.05) is 32.3 Å². The van der Waals surface area contributed by atoms with Gasteiger partial charge in [0.2, 0.25) is 0 Å². The zero-order chi connectivity index (χ0) is 31.3. The molecule has 3 aromatic heterocycles. The summed E-state index contributed by atoms with van der Waals surface area (Å²) in [5, 5.41) is 7.66. The first kappa shape index (κ1) is 26.2. The van der Waals surface area contributed by atoms with Crippen LogP contribution < -0.4 is 0 Å². The van der Waals surface area contributed by atoms with Crippen molar-refractivity contribution in [3.05, 3.63) is 162 Å². The normalized spacial score (nSPS) is 15.0. The van der Waals surface area contributed by atoms with Crippen molar-refractivity contribution in [2.24, 2.45) is 0 Å². The van der Waals surface area contributed by atoms with Crippen molar-refractivity contribution in [2.75, 3.05) is 0 Å². The van der Waals surface area contributed by atoms with Crippen LogP contribution in [0.4, 0.5) is 0 Å². The average Bonchev–Trinajstić information content (AvgIpc) is 3.79. The van der Waals surface area contributed by atoms with Crippen LogP contribution in [0.1, 0.15) is 29.0 Å². The molecule has 11 rings (SSSR count). The van der Waals surface area contributed by atoms with Crippen LogP contribution in [0.2, 0.25) is 0 Å². The number of aryl methyl sites for hydroxylation is 1. The number of benzene rings is 7. The third kappa shape index (κ3) is 3.69. The van der Waals surface area contributed by atoms with Crippen LogP contribution in [0, 0.1) is 0 Å². The molecule has 0 radical (unpaired) electrons. The van der Waals surface area contributed by atoms with Crippen molar-refractivity contribution in [3.8, 4) is 22.3 Å². The minimum atomic E-state index is 0.408. The van der Waals surface area contributed by atoms with E-state index in [0.29, 0.717) is 5.92 Å². The van der Waals surface area contributed by atoms with Crippen LogP contribution in [0.25, 0.3) is 82.3 Å². The summed E-state index contributed by atoms with van der Waals surface area (Å²) in [7, 11) is 0. The van der Waals surface area contributed by atoms with Crippen LogP contribution in [0.15, 0.2) is 150 Å². The monoisotopic (exact) mass is 613 g/mol. The summed E-state index contributed by atoms with van der Waals surface area (Å²) in [6.07, 6.45) is 3.16. The SMILES string of the molecule is c1ccc2c(c1)CCC(c1ccc3c(c1)oc1ccccc13)Cc1ccc(-c3ccc4c(c3)c3cccc5c6ccccc6n4c53)cc1-2. The van der Waals surface area contributed by atoms with Gasteiger partial charge in [0.25, 0.3) is 0 Å². The molecule has 1 atom stereocenters. The maximum absolute atomic E-state index is 6.32. The zero-order valence-corrected chi connectivity index (χ0v) is 26.4. The Kier molecular flexibility index (Phi) is 5.37. The van der Waals surface area contributed by atoms with Gasteiger partial charge >= 0.3 is 0 Å². The van der Waals surface area contributed by atoms with Crippen molar-refractivity contribution in [1.82, 2.24) is 4.40 Å². The molecule has 0 fully saturated rings. The number of nitrogens with zero attached hydrogens (tertiary/aromatic N) is 1. The Bertz CT molecular complexity index is 2880. The van der Waals surface area contributed by atoms with Gasteiger partial charge in [-0.1, -0.05) is 109 Å². The molecule has 1 unspecified atom stereocenters. The molecule has 48 heavy (non-hydrogen) atoms. The predicted molar refractivity (Wildman–Crippen MR) is 200 cm³/mol. The summed E-state index contributed by atoms with van der Waals surface area (Å²) in [6.45, 7) is 0. The fraction of sp³-hybridized carbons (Fsp3) is 0.0870. The lowest BCUT2D eigenvalue weighted by atomic mass is 9.79. The number of hydrogen-bond donors (Lipinski definition) is 0. The van der Waals surface area contributed by atoms with Crippen LogP contribution in [0.3, 0.4) is 0 Å². The molecule has 0 saturated carbocycles. The van der Waals surface area contributed by atoms with Crippen molar-refractivity contribution < 1.29 is 4.42 Å². The minimum Gasteiger partial charge on any atom is -0.456 e. The van der Waals surface area contributed by atoms with Crippen molar-refractivity contribution >= 4 is 60.0 Å². The maximum Gasteiger partial charge on any atom is 0.135 e. The molecule has 10 aromatic rings. The van der Waals surface area contributed by atoms with Gasteiger partial charge in [0.1, 0.15) is 11.2 Å². The number of hydrogen-bond acceptors (Lipinski definition) is 1. The second-order valence-electron chi connectivity index (χ2n) is 13.6. The molecule has 0 spiro atoms. The van der Waals surface area contributed by atoms with E-state index in [4.69, 9.17) is 4.42 Å². The Morgan fingerprint density at radius 1 is 0.479 bits per heavy atom. The van der Waals surface area contributed by atoms with Crippen LogP contribution >= 0.6 is 0 Å². The van der Waals surface area contributed by atoms with E-state index in [-0.39, 0.29) is 0 Å². The van der Waals surface area contributed by atoms with E-state index in [1.165, 1.54) is 87.8 Å². The number of para-hydroxylation sites is 3. The van der Waals surface area contributed by atoms with Gasteiger partial charge in [0.15, 0.2) is 0 Å². The number of rotatable bonds is 2. The summed E-state index contributed by atoms with van der Waals surface area (Å²) in [5.74, 6) is 0.408. The van der Waals surface area contributed by atoms with Gasteiger partial charge < -0.3 is 8.82 Å². The Hall–Kier alpha value is -5.86. The lowest BCUT2D eigenvalue weighted by molar-refractivity contribution is 0.615. The Morgan fingerprint density at radius 3 is 2.17 bits per heavy atom. The van der Waals surface area contributed by atoms with Gasteiger partial charge in [-0.05, 0) is 101 Å². The summed E-state index contributed by atoms with van der Waals surface area (Å²) in [4.78, 5) is 0. The summed E-state index contributed by atoms with van der Waals surface area (Å²) >= 11 is 0. The fourth-order valence-corrected chi connectivity index (χ4v) is 8.78. The second-order valence-corrected chi connectivity index (χ2v) is 13.6. The summed E-state index contributed by atoms with van der Waals surface area (Å²) in [5.41, 5.74) is 15.3. The van der Waals surface area contributed by atoms with E-state index in [9.17, 15) is 0 Å². The highest BCUT2D eigenvalue weighted by Crippen LogP contribution is 2.43. The molecule has 226 valence electrons. The molecule has 3 heterocycles. The number of fused-ring (bicyclic) bond motifs is 12. The standard InChI is InChI=1S/C46H31NO/c1-2-9-34-28(8-1)16-17-29(32-20-22-37-36-11-4-6-15-44(36)48-45(37)27-32)24-33-19-18-30(25-40(33)34)31-21-23-43-41(26-31)39-13-7-12-38-35-10-3-5-14-42(35)47(43)46(38)39/h1-15,18-23,25-27,29H,16-17,24H2. The van der Waals surface area contributed by atoms with Gasteiger partial charge in [-0.2, -0.15) is 0 Å². The number of furan rings is 1. The largest absolute Gasteiger partial charge is 0.456 e. The zero-order valence-electron chi connectivity index (χ0n) is 26.4. The highest BCUT2D eigenvalue weighted by atomic mass is 16.3. The van der Waals surface area contributed by atoms with Gasteiger partial charge in [-0.25, -0.2) is 0 Å². The molecule has 2 nitrogen and oxygen atoms in total. The predicted octanol–water partition coefficient (Wildman–Crippen LogP) is 12.3. The van der Waals surface area contributed by atoms with Crippen molar-refractivity contribution in [2.45, 2.75) is 25.2 Å². The molecule has 0 saturated heterocycles. The highest BCUT2D eigenvalue weighted by Gasteiger charge is 2.23. The second kappa shape index (κ2) is 9.82. The molecule has 1 aliphatic rings. The Morgan fingerprint density at radius 2 is 1.21 bits per heavy atom. The lowest BCUT2D eigenvalue weighted by Gasteiger charge is -2.25. The van der Waals surface area contributed by atoms with Crippen molar-refractivity contribution in [3.63, 3.8) is 0 Å². The van der Waals surface area contributed by atoms with Crippen LogP contribution in [-0.4, -0.2) is 4.40 Å². The maximum atomic E-state index is 6.32. The van der Waals surface area contributed by atoms with E-state index in [1.807, 2.05) is 6.07 Å². The quantitative estimate of drug-likeness (QED) is 0.190. The van der Waals surface area contributed by atoms with Gasteiger partial charge in [0.05, 0.1) is 16.6 Å². The molecule has 1 aliphatic carbocycles. The van der Waals surface area contributed by atoms with E-state index in [0.717, 1.165) is 30.4 Å². The third-order valence-electron chi connectivity index (χ3n) is 11.1. The molecular formula is C46H31NO. The van der Waals surface area contributed by atoms with E-state index >= 15 is 0 Å². The molecule has 7 aromatic carbocycles. The minimum absolute atomic E-state index is 0.408. The van der Waals surface area contributed by atoms with Gasteiger partial charge in [-0.15, -0.1) is 0 Å². The topological polar surface area (TPSA) is 17.6 Å². The first-order valence-electron chi connectivity index (χ1n) is 17.1. The van der Waals surface area contributed by atoms with E-state index < -0.39 is 0 Å². The molecule has 0 bridgehead atoms. The van der Waals surface area contributed by atoms with Crippen LogP contribution in [0.5, 0.6) is 0 Å². The third-order valence-corrected chi connectivity index (χ3v) is 11.1.